The van der Waals surface area contributed by atoms with Gasteiger partial charge in [-0.3, -0.25) is 0 Å². The molecule has 108 valence electrons. The molecule has 0 saturated carbocycles. The molecule has 2 aromatic rings. The van der Waals surface area contributed by atoms with Gasteiger partial charge in [-0.15, -0.1) is 0 Å². The van der Waals surface area contributed by atoms with E-state index < -0.39 is 0 Å². The van der Waals surface area contributed by atoms with Crippen LogP contribution in [0.4, 0.5) is 0 Å². The highest BCUT2D eigenvalue weighted by molar-refractivity contribution is 5.27. The maximum atomic E-state index is 5.16. The zero-order valence-electron chi connectivity index (χ0n) is 12.2. The maximum absolute atomic E-state index is 5.16. The predicted molar refractivity (Wildman–Crippen MR) is 81.1 cm³/mol. The van der Waals surface area contributed by atoms with Crippen LogP contribution in [0.1, 0.15) is 24.7 Å². The lowest BCUT2D eigenvalue weighted by atomic mass is 10.1. The molecule has 0 fully saturated rings. The third kappa shape index (κ3) is 4.70. The Labute approximate surface area is 120 Å². The number of nitrogens with one attached hydrogen (secondary N) is 2. The summed E-state index contributed by atoms with van der Waals surface area (Å²) in [5.74, 6) is 1.97. The lowest BCUT2D eigenvalue weighted by Gasteiger charge is -2.14. The van der Waals surface area contributed by atoms with E-state index in [1.54, 1.807) is 13.3 Å². The Kier molecular flexibility index (Phi) is 5.62. The standard InChI is InChI=1S/C16H23N3O/c1-13(12-14-5-7-15(20-2)8-6-14)17-9-3-4-16-18-10-11-19-16/h5-8,10-11,13,17H,3-4,9,12H2,1-2H3,(H,18,19). The van der Waals surface area contributed by atoms with Crippen molar-refractivity contribution < 1.29 is 4.74 Å². The van der Waals surface area contributed by atoms with Crippen molar-refractivity contribution in [3.8, 4) is 5.75 Å². The number of nitrogens with zero attached hydrogens (tertiary/aromatic N) is 1. The number of aryl methyl sites for hydroxylation is 1. The fourth-order valence-electron chi connectivity index (χ4n) is 2.23. The first-order valence-electron chi connectivity index (χ1n) is 7.12. The van der Waals surface area contributed by atoms with Crippen LogP contribution in [0.3, 0.4) is 0 Å². The Morgan fingerprint density at radius 2 is 2.10 bits per heavy atom. The van der Waals surface area contributed by atoms with Gasteiger partial charge < -0.3 is 15.0 Å². The summed E-state index contributed by atoms with van der Waals surface area (Å²) in [6, 6.07) is 8.75. The van der Waals surface area contributed by atoms with Gasteiger partial charge in [-0.25, -0.2) is 4.98 Å². The van der Waals surface area contributed by atoms with Gasteiger partial charge in [0.25, 0.3) is 0 Å². The minimum absolute atomic E-state index is 0.472. The fourth-order valence-corrected chi connectivity index (χ4v) is 2.23. The lowest BCUT2D eigenvalue weighted by molar-refractivity contribution is 0.414. The topological polar surface area (TPSA) is 49.9 Å². The lowest BCUT2D eigenvalue weighted by Crippen LogP contribution is -2.29. The van der Waals surface area contributed by atoms with Crippen LogP contribution in [-0.4, -0.2) is 29.7 Å². The molecular formula is C16H23N3O. The SMILES string of the molecule is COc1ccc(CC(C)NCCCc2ncc[nH]2)cc1. The highest BCUT2D eigenvalue weighted by atomic mass is 16.5. The first-order valence-corrected chi connectivity index (χ1v) is 7.12. The van der Waals surface area contributed by atoms with Crippen LogP contribution in [0, 0.1) is 0 Å². The van der Waals surface area contributed by atoms with Crippen LogP contribution in [0.25, 0.3) is 0 Å². The Hall–Kier alpha value is -1.81. The minimum atomic E-state index is 0.472. The number of aromatic amines is 1. The van der Waals surface area contributed by atoms with Gasteiger partial charge in [0.2, 0.25) is 0 Å². The highest BCUT2D eigenvalue weighted by Gasteiger charge is 2.03. The van der Waals surface area contributed by atoms with E-state index in [1.807, 2.05) is 18.3 Å². The number of ether oxygens (including phenoxy) is 1. The Bertz CT molecular complexity index is 479. The Balaban J connectivity index is 1.65. The molecule has 1 unspecified atom stereocenters. The molecular weight excluding hydrogens is 250 g/mol. The molecule has 20 heavy (non-hydrogen) atoms. The maximum Gasteiger partial charge on any atom is 0.118 e. The van der Waals surface area contributed by atoms with Crippen LogP contribution in [0.2, 0.25) is 0 Å². The van der Waals surface area contributed by atoms with E-state index in [0.29, 0.717) is 6.04 Å². The second-order valence-corrected chi connectivity index (χ2v) is 5.05. The second-order valence-electron chi connectivity index (χ2n) is 5.05. The van der Waals surface area contributed by atoms with Crippen molar-refractivity contribution in [1.82, 2.24) is 15.3 Å². The van der Waals surface area contributed by atoms with Crippen molar-refractivity contribution in [3.63, 3.8) is 0 Å². The summed E-state index contributed by atoms with van der Waals surface area (Å²) in [5, 5.41) is 3.55. The first kappa shape index (κ1) is 14.6. The van der Waals surface area contributed by atoms with E-state index in [2.05, 4.69) is 34.3 Å². The number of benzene rings is 1. The van der Waals surface area contributed by atoms with Gasteiger partial charge in [-0.2, -0.15) is 0 Å². The molecule has 0 aliphatic rings. The van der Waals surface area contributed by atoms with Crippen LogP contribution < -0.4 is 10.1 Å². The third-order valence-corrected chi connectivity index (χ3v) is 3.34. The molecule has 1 aromatic heterocycles. The number of hydrogen-bond donors (Lipinski definition) is 2. The summed E-state index contributed by atoms with van der Waals surface area (Å²) in [6.45, 7) is 3.23. The molecule has 2 rings (SSSR count). The molecule has 2 N–H and O–H groups in total. The number of hydrogen-bond acceptors (Lipinski definition) is 3. The number of rotatable bonds is 8. The minimum Gasteiger partial charge on any atom is -0.497 e. The summed E-state index contributed by atoms with van der Waals surface area (Å²) in [6.07, 6.45) is 6.80. The van der Waals surface area contributed by atoms with E-state index in [0.717, 1.165) is 37.4 Å². The van der Waals surface area contributed by atoms with Crippen LogP contribution >= 0.6 is 0 Å². The molecule has 0 radical (unpaired) electrons. The highest BCUT2D eigenvalue weighted by Crippen LogP contribution is 2.12. The molecule has 4 nitrogen and oxygen atoms in total. The van der Waals surface area contributed by atoms with Crippen molar-refractivity contribution in [2.45, 2.75) is 32.2 Å². The molecule has 1 heterocycles. The number of imidazole rings is 1. The second kappa shape index (κ2) is 7.70. The van der Waals surface area contributed by atoms with Crippen molar-refractivity contribution in [1.29, 1.82) is 0 Å². The van der Waals surface area contributed by atoms with E-state index >= 15 is 0 Å². The van der Waals surface area contributed by atoms with Crippen molar-refractivity contribution in [2.24, 2.45) is 0 Å². The summed E-state index contributed by atoms with van der Waals surface area (Å²) in [4.78, 5) is 7.35. The molecule has 0 aliphatic heterocycles. The quantitative estimate of drug-likeness (QED) is 0.727. The zero-order chi connectivity index (χ0) is 14.2. The van der Waals surface area contributed by atoms with Gasteiger partial charge in [0, 0.05) is 24.9 Å². The molecule has 0 bridgehead atoms. The van der Waals surface area contributed by atoms with Gasteiger partial charge >= 0.3 is 0 Å². The van der Waals surface area contributed by atoms with Crippen molar-refractivity contribution in [3.05, 3.63) is 48.0 Å². The summed E-state index contributed by atoms with van der Waals surface area (Å²) < 4.78 is 5.16. The Morgan fingerprint density at radius 3 is 2.75 bits per heavy atom. The van der Waals surface area contributed by atoms with Crippen molar-refractivity contribution >= 4 is 0 Å². The average molecular weight is 273 g/mol. The molecule has 0 aliphatic carbocycles. The number of H-pyrrole nitrogens is 1. The van der Waals surface area contributed by atoms with Gasteiger partial charge in [0.1, 0.15) is 11.6 Å². The molecule has 0 amide bonds. The molecule has 1 atom stereocenters. The fraction of sp³-hybridized carbons (Fsp3) is 0.438. The van der Waals surface area contributed by atoms with Gasteiger partial charge in [-0.1, -0.05) is 12.1 Å². The summed E-state index contributed by atoms with van der Waals surface area (Å²) >= 11 is 0. The number of methoxy groups -OCH3 is 1. The van der Waals surface area contributed by atoms with E-state index in [4.69, 9.17) is 4.74 Å². The van der Waals surface area contributed by atoms with E-state index in [9.17, 15) is 0 Å². The van der Waals surface area contributed by atoms with E-state index in [-0.39, 0.29) is 0 Å². The summed E-state index contributed by atoms with van der Waals surface area (Å²) in [7, 11) is 1.69. The third-order valence-electron chi connectivity index (χ3n) is 3.34. The molecule has 0 saturated heterocycles. The Morgan fingerprint density at radius 1 is 1.30 bits per heavy atom. The smallest absolute Gasteiger partial charge is 0.118 e. The summed E-state index contributed by atoms with van der Waals surface area (Å²) in [5.41, 5.74) is 1.33. The molecule has 0 spiro atoms. The van der Waals surface area contributed by atoms with Crippen LogP contribution in [-0.2, 0) is 12.8 Å². The first-order chi connectivity index (χ1) is 9.78. The normalized spacial score (nSPS) is 12.3. The van der Waals surface area contributed by atoms with Crippen LogP contribution in [0.5, 0.6) is 5.75 Å². The van der Waals surface area contributed by atoms with Gasteiger partial charge in [0.05, 0.1) is 7.11 Å². The van der Waals surface area contributed by atoms with Gasteiger partial charge in [-0.05, 0) is 44.0 Å². The van der Waals surface area contributed by atoms with Crippen LogP contribution in [0.15, 0.2) is 36.7 Å². The van der Waals surface area contributed by atoms with Crippen molar-refractivity contribution in [2.75, 3.05) is 13.7 Å². The molecule has 4 heteroatoms. The largest absolute Gasteiger partial charge is 0.497 e. The monoisotopic (exact) mass is 273 g/mol. The molecule has 1 aromatic carbocycles. The van der Waals surface area contributed by atoms with E-state index in [1.165, 1.54) is 5.56 Å². The number of aromatic nitrogens is 2. The zero-order valence-corrected chi connectivity index (χ0v) is 12.2. The van der Waals surface area contributed by atoms with Gasteiger partial charge in [0.15, 0.2) is 0 Å². The average Bonchev–Trinajstić information content (AvgIpc) is 2.98. The predicted octanol–water partition coefficient (Wildman–Crippen LogP) is 2.57.